The lowest BCUT2D eigenvalue weighted by Gasteiger charge is -2.07. The van der Waals surface area contributed by atoms with Gasteiger partial charge in [-0.05, 0) is 36.2 Å². The summed E-state index contributed by atoms with van der Waals surface area (Å²) < 4.78 is 28.1. The molecular formula is C11H13F2N3O2. The molecule has 0 fully saturated rings. The van der Waals surface area contributed by atoms with Crippen LogP contribution in [0.3, 0.4) is 0 Å². The van der Waals surface area contributed by atoms with Gasteiger partial charge in [-0.3, -0.25) is 0 Å². The molecule has 3 N–H and O–H groups in total. The number of nitrogens with zero attached hydrogens (tertiary/aromatic N) is 1. The Labute approximate surface area is 103 Å². The Balaban J connectivity index is 2.81. The molecule has 5 nitrogen and oxygen atoms in total. The number of urea groups is 1. The number of carbonyl (C=O) groups is 1. The largest absolute Gasteiger partial charge is 0.435 e. The number of rotatable bonds is 5. The Morgan fingerprint density at radius 2 is 2.06 bits per heavy atom. The third-order valence-corrected chi connectivity index (χ3v) is 2.05. The van der Waals surface area contributed by atoms with E-state index in [1.807, 2.05) is 6.92 Å². The average Bonchev–Trinajstić information content (AvgIpc) is 2.31. The van der Waals surface area contributed by atoms with Crippen molar-refractivity contribution in [3.8, 4) is 5.75 Å². The molecule has 7 heteroatoms. The second kappa shape index (κ2) is 6.53. The van der Waals surface area contributed by atoms with E-state index < -0.39 is 12.6 Å². The van der Waals surface area contributed by atoms with Crippen LogP contribution in [0.2, 0.25) is 0 Å². The molecule has 0 radical (unpaired) electrons. The van der Waals surface area contributed by atoms with Gasteiger partial charge in [-0.15, -0.1) is 0 Å². The molecule has 0 unspecified atom stereocenters. The zero-order valence-electron chi connectivity index (χ0n) is 9.69. The maximum absolute atomic E-state index is 11.9. The van der Waals surface area contributed by atoms with Crippen molar-refractivity contribution in [3.63, 3.8) is 0 Å². The molecule has 0 aliphatic carbocycles. The molecule has 0 aliphatic rings. The molecule has 0 heterocycles. The van der Waals surface area contributed by atoms with Gasteiger partial charge in [-0.1, -0.05) is 6.92 Å². The van der Waals surface area contributed by atoms with Crippen LogP contribution in [0.15, 0.2) is 29.4 Å². The van der Waals surface area contributed by atoms with Gasteiger partial charge in [0.15, 0.2) is 0 Å². The van der Waals surface area contributed by atoms with Crippen LogP contribution in [0.4, 0.5) is 13.6 Å². The summed E-state index contributed by atoms with van der Waals surface area (Å²) in [5.41, 5.74) is 8.28. The molecule has 0 spiro atoms. The van der Waals surface area contributed by atoms with Gasteiger partial charge in [0.2, 0.25) is 0 Å². The molecule has 1 aromatic rings. The number of benzene rings is 1. The standard InChI is InChI=1S/C11H13F2N3O2/c1-2-9(15-16-11(14)17)7-3-5-8(6-4-7)18-10(12)13/h3-6,10H,2H2,1H3,(H3,14,16,17)/b15-9+. The summed E-state index contributed by atoms with van der Waals surface area (Å²) >= 11 is 0. The van der Waals surface area contributed by atoms with Crippen molar-refractivity contribution in [3.05, 3.63) is 29.8 Å². The molecule has 0 saturated heterocycles. The number of hydrogen-bond donors (Lipinski definition) is 2. The number of ether oxygens (including phenoxy) is 1. The molecule has 1 rings (SSSR count). The van der Waals surface area contributed by atoms with Crippen LogP contribution in [0, 0.1) is 0 Å². The molecule has 2 amide bonds. The zero-order chi connectivity index (χ0) is 13.5. The second-order valence-electron chi connectivity index (χ2n) is 3.29. The summed E-state index contributed by atoms with van der Waals surface area (Å²) in [5, 5.41) is 3.81. The highest BCUT2D eigenvalue weighted by Crippen LogP contribution is 2.16. The fraction of sp³-hybridized carbons (Fsp3) is 0.273. The number of hydrazone groups is 1. The SMILES string of the molecule is CC/C(=N\NC(N)=O)c1ccc(OC(F)F)cc1. The molecular weight excluding hydrogens is 244 g/mol. The maximum atomic E-state index is 11.9. The molecule has 0 aromatic heterocycles. The summed E-state index contributed by atoms with van der Waals surface area (Å²) in [4.78, 5) is 10.5. The van der Waals surface area contributed by atoms with E-state index in [0.29, 0.717) is 17.7 Å². The van der Waals surface area contributed by atoms with E-state index in [4.69, 9.17) is 5.73 Å². The minimum absolute atomic E-state index is 0.0621. The van der Waals surface area contributed by atoms with E-state index in [0.717, 1.165) is 0 Å². The first-order valence-corrected chi connectivity index (χ1v) is 5.20. The Morgan fingerprint density at radius 1 is 1.44 bits per heavy atom. The first-order valence-electron chi connectivity index (χ1n) is 5.20. The highest BCUT2D eigenvalue weighted by molar-refractivity contribution is 6.00. The van der Waals surface area contributed by atoms with E-state index in [-0.39, 0.29) is 5.75 Å². The summed E-state index contributed by atoms with van der Waals surface area (Å²) in [6, 6.07) is 5.18. The van der Waals surface area contributed by atoms with Crippen LogP contribution in [-0.4, -0.2) is 18.4 Å². The van der Waals surface area contributed by atoms with Crippen molar-refractivity contribution in [1.82, 2.24) is 5.43 Å². The van der Waals surface area contributed by atoms with Crippen molar-refractivity contribution >= 4 is 11.7 Å². The fourth-order valence-corrected chi connectivity index (χ4v) is 1.30. The molecule has 0 bridgehead atoms. The lowest BCUT2D eigenvalue weighted by molar-refractivity contribution is -0.0498. The number of carbonyl (C=O) groups excluding carboxylic acids is 1. The third-order valence-electron chi connectivity index (χ3n) is 2.05. The summed E-state index contributed by atoms with van der Waals surface area (Å²) in [7, 11) is 0. The smallest absolute Gasteiger partial charge is 0.387 e. The summed E-state index contributed by atoms with van der Waals surface area (Å²) in [5.74, 6) is 0.0621. The zero-order valence-corrected chi connectivity index (χ0v) is 9.69. The van der Waals surface area contributed by atoms with Crippen molar-refractivity contribution in [1.29, 1.82) is 0 Å². The number of nitrogens with one attached hydrogen (secondary N) is 1. The van der Waals surface area contributed by atoms with Gasteiger partial charge in [-0.25, -0.2) is 10.2 Å². The van der Waals surface area contributed by atoms with Crippen LogP contribution in [-0.2, 0) is 0 Å². The predicted octanol–water partition coefficient (Wildman–Crippen LogP) is 2.07. The van der Waals surface area contributed by atoms with Gasteiger partial charge in [0, 0.05) is 0 Å². The van der Waals surface area contributed by atoms with Crippen LogP contribution >= 0.6 is 0 Å². The monoisotopic (exact) mass is 257 g/mol. The highest BCUT2D eigenvalue weighted by atomic mass is 19.3. The van der Waals surface area contributed by atoms with Crippen molar-refractivity contribution in [2.45, 2.75) is 20.0 Å². The minimum atomic E-state index is -2.85. The van der Waals surface area contributed by atoms with Gasteiger partial charge >= 0.3 is 12.6 Å². The van der Waals surface area contributed by atoms with Gasteiger partial charge in [0.25, 0.3) is 0 Å². The van der Waals surface area contributed by atoms with E-state index in [2.05, 4.69) is 15.3 Å². The van der Waals surface area contributed by atoms with Crippen LogP contribution in [0.1, 0.15) is 18.9 Å². The van der Waals surface area contributed by atoms with E-state index in [9.17, 15) is 13.6 Å². The normalized spacial score (nSPS) is 11.4. The number of hydrogen-bond acceptors (Lipinski definition) is 3. The van der Waals surface area contributed by atoms with Crippen molar-refractivity contribution in [2.75, 3.05) is 0 Å². The fourth-order valence-electron chi connectivity index (χ4n) is 1.30. The van der Waals surface area contributed by atoms with Crippen LogP contribution in [0.25, 0.3) is 0 Å². The number of alkyl halides is 2. The van der Waals surface area contributed by atoms with Crippen LogP contribution in [0.5, 0.6) is 5.75 Å². The van der Waals surface area contributed by atoms with E-state index >= 15 is 0 Å². The molecule has 0 aliphatic heterocycles. The number of halogens is 2. The lowest BCUT2D eigenvalue weighted by atomic mass is 10.1. The average molecular weight is 257 g/mol. The van der Waals surface area contributed by atoms with Crippen molar-refractivity contribution < 1.29 is 18.3 Å². The highest BCUT2D eigenvalue weighted by Gasteiger charge is 2.06. The lowest BCUT2D eigenvalue weighted by Crippen LogP contribution is -2.25. The molecule has 0 saturated carbocycles. The quantitative estimate of drug-likeness (QED) is 0.625. The van der Waals surface area contributed by atoms with Crippen LogP contribution < -0.4 is 15.9 Å². The van der Waals surface area contributed by atoms with Crippen molar-refractivity contribution in [2.24, 2.45) is 10.8 Å². The maximum Gasteiger partial charge on any atom is 0.387 e. The summed E-state index contributed by atoms with van der Waals surface area (Å²) in [6.07, 6.45) is 0.551. The summed E-state index contributed by atoms with van der Waals surface area (Å²) in [6.45, 7) is -1.02. The van der Waals surface area contributed by atoms with Gasteiger partial charge in [0.05, 0.1) is 5.71 Å². The first kappa shape index (κ1) is 13.9. The Bertz CT molecular complexity index is 432. The van der Waals surface area contributed by atoms with Gasteiger partial charge in [0.1, 0.15) is 5.75 Å². The minimum Gasteiger partial charge on any atom is -0.435 e. The van der Waals surface area contributed by atoms with Gasteiger partial charge < -0.3 is 10.5 Å². The molecule has 18 heavy (non-hydrogen) atoms. The number of amides is 2. The number of nitrogens with two attached hydrogens (primary N) is 1. The van der Waals surface area contributed by atoms with E-state index in [1.54, 1.807) is 12.1 Å². The Morgan fingerprint density at radius 3 is 2.50 bits per heavy atom. The Hall–Kier alpha value is -2.18. The Kier molecular flexibility index (Phi) is 5.04. The molecule has 98 valence electrons. The number of primary amides is 1. The second-order valence-corrected chi connectivity index (χ2v) is 3.29. The van der Waals surface area contributed by atoms with E-state index in [1.165, 1.54) is 12.1 Å². The predicted molar refractivity (Wildman–Crippen MR) is 62.6 cm³/mol. The molecule has 1 aromatic carbocycles. The third kappa shape index (κ3) is 4.36. The van der Waals surface area contributed by atoms with Gasteiger partial charge in [-0.2, -0.15) is 13.9 Å². The molecule has 0 atom stereocenters. The first-order chi connectivity index (χ1) is 8.52. The topological polar surface area (TPSA) is 76.7 Å².